The highest BCUT2D eigenvalue weighted by Crippen LogP contribution is 2.27. The van der Waals surface area contributed by atoms with Crippen molar-refractivity contribution < 1.29 is 9.47 Å². The molecule has 0 amide bonds. The fourth-order valence-electron chi connectivity index (χ4n) is 2.10. The first-order chi connectivity index (χ1) is 9.89. The van der Waals surface area contributed by atoms with Gasteiger partial charge in [0.05, 0.1) is 12.2 Å². The number of methoxy groups -OCH3 is 1. The lowest BCUT2D eigenvalue weighted by molar-refractivity contribution is 0.00534. The minimum absolute atomic E-state index is 0.143. The maximum absolute atomic E-state index is 6.04. The fourth-order valence-corrected chi connectivity index (χ4v) is 2.10. The molecule has 21 heavy (non-hydrogen) atoms. The molecule has 1 aromatic carbocycles. The van der Waals surface area contributed by atoms with E-state index in [0.717, 1.165) is 25.1 Å². The van der Waals surface area contributed by atoms with E-state index in [2.05, 4.69) is 58.1 Å². The third-order valence-electron chi connectivity index (χ3n) is 3.85. The summed E-state index contributed by atoms with van der Waals surface area (Å²) in [4.78, 5) is 0. The molecule has 1 atom stereocenters. The summed E-state index contributed by atoms with van der Waals surface area (Å²) in [5.41, 5.74) is 2.31. The van der Waals surface area contributed by atoms with Crippen molar-refractivity contribution in [1.82, 2.24) is 5.32 Å². The van der Waals surface area contributed by atoms with Gasteiger partial charge in [0.15, 0.2) is 0 Å². The summed E-state index contributed by atoms with van der Waals surface area (Å²) < 4.78 is 11.5. The third-order valence-corrected chi connectivity index (χ3v) is 3.85. The largest absolute Gasteiger partial charge is 0.493 e. The van der Waals surface area contributed by atoms with Crippen LogP contribution >= 0.6 is 0 Å². The second kappa shape index (κ2) is 8.40. The summed E-state index contributed by atoms with van der Waals surface area (Å²) in [7, 11) is 1.74. The molecule has 0 bridgehead atoms. The van der Waals surface area contributed by atoms with Crippen molar-refractivity contribution in [2.75, 3.05) is 20.3 Å². The van der Waals surface area contributed by atoms with Gasteiger partial charge in [-0.2, -0.15) is 0 Å². The maximum Gasteiger partial charge on any atom is 0.124 e. The van der Waals surface area contributed by atoms with Crippen LogP contribution in [0.2, 0.25) is 0 Å². The van der Waals surface area contributed by atoms with Gasteiger partial charge in [-0.3, -0.25) is 0 Å². The highest BCUT2D eigenvalue weighted by atomic mass is 16.5. The summed E-state index contributed by atoms with van der Waals surface area (Å²) >= 11 is 0. The molecule has 0 saturated heterocycles. The number of hydrogen-bond acceptors (Lipinski definition) is 3. The van der Waals surface area contributed by atoms with E-state index < -0.39 is 0 Å². The molecule has 0 radical (unpaired) electrons. The SMILES string of the molecule is CCCNC(C)c1ccc(C)cc1OCCC(C)(C)OC. The summed E-state index contributed by atoms with van der Waals surface area (Å²) in [6.07, 6.45) is 2.00. The van der Waals surface area contributed by atoms with Gasteiger partial charge in [0, 0.05) is 25.1 Å². The monoisotopic (exact) mass is 293 g/mol. The maximum atomic E-state index is 6.04. The number of ether oxygens (including phenoxy) is 2. The Hall–Kier alpha value is -1.06. The first kappa shape index (κ1) is 18.0. The summed E-state index contributed by atoms with van der Waals surface area (Å²) in [5, 5.41) is 3.52. The number of aryl methyl sites for hydroxylation is 1. The van der Waals surface area contributed by atoms with E-state index in [9.17, 15) is 0 Å². The topological polar surface area (TPSA) is 30.5 Å². The zero-order chi connectivity index (χ0) is 15.9. The van der Waals surface area contributed by atoms with Crippen LogP contribution in [0.15, 0.2) is 18.2 Å². The number of hydrogen-bond donors (Lipinski definition) is 1. The smallest absolute Gasteiger partial charge is 0.124 e. The Bertz CT molecular complexity index is 429. The lowest BCUT2D eigenvalue weighted by atomic mass is 10.0. The highest BCUT2D eigenvalue weighted by Gasteiger charge is 2.17. The summed E-state index contributed by atoms with van der Waals surface area (Å²) in [5.74, 6) is 0.984. The van der Waals surface area contributed by atoms with Crippen molar-refractivity contribution in [3.8, 4) is 5.75 Å². The van der Waals surface area contributed by atoms with Crippen molar-refractivity contribution >= 4 is 0 Å². The lowest BCUT2D eigenvalue weighted by Crippen LogP contribution is -2.25. The molecule has 1 aromatic rings. The van der Waals surface area contributed by atoms with E-state index in [1.165, 1.54) is 11.1 Å². The standard InChI is InChI=1S/C18H31NO2/c1-7-11-19-15(3)16-9-8-14(2)13-17(16)21-12-10-18(4,5)20-6/h8-9,13,15,19H,7,10-12H2,1-6H3. The molecule has 0 saturated carbocycles. The normalized spacial score (nSPS) is 13.2. The zero-order valence-electron chi connectivity index (χ0n) is 14.5. The molecular weight excluding hydrogens is 262 g/mol. The van der Waals surface area contributed by atoms with Crippen molar-refractivity contribution in [3.63, 3.8) is 0 Å². The minimum atomic E-state index is -0.143. The van der Waals surface area contributed by atoms with Crippen molar-refractivity contribution in [2.45, 2.75) is 59.1 Å². The first-order valence-electron chi connectivity index (χ1n) is 7.91. The second-order valence-electron chi connectivity index (χ2n) is 6.28. The predicted molar refractivity (Wildman–Crippen MR) is 89.1 cm³/mol. The molecule has 1 rings (SSSR count). The number of rotatable bonds is 9. The Balaban J connectivity index is 2.73. The van der Waals surface area contributed by atoms with Gasteiger partial charge in [-0.05, 0) is 52.3 Å². The lowest BCUT2D eigenvalue weighted by Gasteiger charge is -2.24. The van der Waals surface area contributed by atoms with E-state index in [-0.39, 0.29) is 5.60 Å². The fraction of sp³-hybridized carbons (Fsp3) is 0.667. The molecule has 0 heterocycles. The van der Waals surface area contributed by atoms with Crippen LogP contribution in [0.25, 0.3) is 0 Å². The third kappa shape index (κ3) is 6.06. The van der Waals surface area contributed by atoms with E-state index >= 15 is 0 Å². The number of nitrogens with one attached hydrogen (secondary N) is 1. The average molecular weight is 293 g/mol. The van der Waals surface area contributed by atoms with Crippen LogP contribution in [0.5, 0.6) is 5.75 Å². The van der Waals surface area contributed by atoms with E-state index in [1.54, 1.807) is 7.11 Å². The Labute approximate surface area is 130 Å². The molecule has 3 heteroatoms. The van der Waals surface area contributed by atoms with Gasteiger partial charge in [0.25, 0.3) is 0 Å². The van der Waals surface area contributed by atoms with Gasteiger partial charge in [0.1, 0.15) is 5.75 Å². The summed E-state index contributed by atoms with van der Waals surface area (Å²) in [6, 6.07) is 6.74. The molecule has 1 N–H and O–H groups in total. The van der Waals surface area contributed by atoms with Crippen LogP contribution in [0.4, 0.5) is 0 Å². The van der Waals surface area contributed by atoms with E-state index in [0.29, 0.717) is 12.6 Å². The zero-order valence-corrected chi connectivity index (χ0v) is 14.5. The second-order valence-corrected chi connectivity index (χ2v) is 6.28. The Kier molecular flexibility index (Phi) is 7.20. The van der Waals surface area contributed by atoms with Crippen LogP contribution in [0.3, 0.4) is 0 Å². The molecule has 0 fully saturated rings. The van der Waals surface area contributed by atoms with Gasteiger partial charge < -0.3 is 14.8 Å². The van der Waals surface area contributed by atoms with Crippen molar-refractivity contribution in [3.05, 3.63) is 29.3 Å². The average Bonchev–Trinajstić information content (AvgIpc) is 2.44. The Morgan fingerprint density at radius 1 is 1.29 bits per heavy atom. The molecule has 0 aliphatic heterocycles. The van der Waals surface area contributed by atoms with Crippen LogP contribution in [0, 0.1) is 6.92 Å². The van der Waals surface area contributed by atoms with E-state index in [1.807, 2.05) is 0 Å². The molecule has 120 valence electrons. The van der Waals surface area contributed by atoms with Crippen LogP contribution in [-0.2, 0) is 4.74 Å². The molecule has 3 nitrogen and oxygen atoms in total. The van der Waals surface area contributed by atoms with Crippen LogP contribution in [-0.4, -0.2) is 25.9 Å². The number of benzene rings is 1. The van der Waals surface area contributed by atoms with Crippen molar-refractivity contribution in [1.29, 1.82) is 0 Å². The molecule has 0 spiro atoms. The molecule has 0 aromatic heterocycles. The van der Waals surface area contributed by atoms with Gasteiger partial charge in [-0.15, -0.1) is 0 Å². The summed E-state index contributed by atoms with van der Waals surface area (Å²) in [6.45, 7) is 12.3. The first-order valence-corrected chi connectivity index (χ1v) is 7.91. The molecule has 0 aliphatic carbocycles. The Morgan fingerprint density at radius 2 is 2.00 bits per heavy atom. The van der Waals surface area contributed by atoms with E-state index in [4.69, 9.17) is 9.47 Å². The van der Waals surface area contributed by atoms with Crippen LogP contribution in [0.1, 0.15) is 57.7 Å². The Morgan fingerprint density at radius 3 is 2.62 bits per heavy atom. The quantitative estimate of drug-likeness (QED) is 0.738. The van der Waals surface area contributed by atoms with Gasteiger partial charge in [-0.25, -0.2) is 0 Å². The van der Waals surface area contributed by atoms with Gasteiger partial charge >= 0.3 is 0 Å². The molecule has 1 unspecified atom stereocenters. The molecule has 0 aliphatic rings. The minimum Gasteiger partial charge on any atom is -0.493 e. The molecular formula is C18H31NO2. The highest BCUT2D eigenvalue weighted by molar-refractivity contribution is 5.39. The van der Waals surface area contributed by atoms with Crippen LogP contribution < -0.4 is 10.1 Å². The van der Waals surface area contributed by atoms with Gasteiger partial charge in [-0.1, -0.05) is 19.1 Å². The van der Waals surface area contributed by atoms with Crippen molar-refractivity contribution in [2.24, 2.45) is 0 Å². The predicted octanol–water partition coefficient (Wildman–Crippen LogP) is 4.25. The van der Waals surface area contributed by atoms with Gasteiger partial charge in [0.2, 0.25) is 0 Å².